The Bertz CT molecular complexity index is 391. The summed E-state index contributed by atoms with van der Waals surface area (Å²) in [4.78, 5) is 1.31. The first-order chi connectivity index (χ1) is 10.0. The molecule has 0 fully saturated rings. The Balaban J connectivity index is 2.23. The van der Waals surface area contributed by atoms with Crippen LogP contribution in [0.3, 0.4) is 0 Å². The van der Waals surface area contributed by atoms with Crippen molar-refractivity contribution in [2.75, 3.05) is 32.7 Å². The Hall–Kier alpha value is -0.550. The summed E-state index contributed by atoms with van der Waals surface area (Å²) in [5.41, 5.74) is 1.48. The SMILES string of the molecule is COCCCOCCSc1cccc(CNC(C)(C)C)c1. The third kappa shape index (κ3) is 9.91. The summed E-state index contributed by atoms with van der Waals surface area (Å²) in [5.74, 6) is 0.989. The lowest BCUT2D eigenvalue weighted by Crippen LogP contribution is -2.35. The van der Waals surface area contributed by atoms with Crippen molar-refractivity contribution in [1.82, 2.24) is 5.32 Å². The zero-order valence-electron chi connectivity index (χ0n) is 13.8. The Labute approximate surface area is 133 Å². The maximum Gasteiger partial charge on any atom is 0.0560 e. The summed E-state index contributed by atoms with van der Waals surface area (Å²) in [6, 6.07) is 8.72. The lowest BCUT2D eigenvalue weighted by Gasteiger charge is -2.20. The second-order valence-electron chi connectivity index (χ2n) is 6.06. The summed E-state index contributed by atoms with van der Waals surface area (Å²) in [7, 11) is 1.72. The highest BCUT2D eigenvalue weighted by atomic mass is 32.2. The molecule has 21 heavy (non-hydrogen) atoms. The molecule has 1 aromatic rings. The molecule has 0 saturated carbocycles. The van der Waals surface area contributed by atoms with Gasteiger partial charge in [-0.3, -0.25) is 0 Å². The van der Waals surface area contributed by atoms with E-state index in [2.05, 4.69) is 50.4 Å². The van der Waals surface area contributed by atoms with E-state index >= 15 is 0 Å². The van der Waals surface area contributed by atoms with Crippen molar-refractivity contribution >= 4 is 11.8 Å². The van der Waals surface area contributed by atoms with Crippen molar-refractivity contribution in [1.29, 1.82) is 0 Å². The van der Waals surface area contributed by atoms with Gasteiger partial charge in [-0.1, -0.05) is 12.1 Å². The second kappa shape index (κ2) is 10.2. The van der Waals surface area contributed by atoms with E-state index in [0.29, 0.717) is 0 Å². The van der Waals surface area contributed by atoms with Crippen molar-refractivity contribution in [3.63, 3.8) is 0 Å². The molecule has 0 amide bonds. The topological polar surface area (TPSA) is 30.5 Å². The number of hydrogen-bond acceptors (Lipinski definition) is 4. The van der Waals surface area contributed by atoms with E-state index in [1.807, 2.05) is 11.8 Å². The number of ether oxygens (including phenoxy) is 2. The van der Waals surface area contributed by atoms with Crippen LogP contribution in [0.5, 0.6) is 0 Å². The van der Waals surface area contributed by atoms with Crippen molar-refractivity contribution in [2.45, 2.75) is 44.2 Å². The molecule has 4 heteroatoms. The minimum atomic E-state index is 0.152. The molecule has 0 aliphatic heterocycles. The lowest BCUT2D eigenvalue weighted by atomic mass is 10.1. The summed E-state index contributed by atoms with van der Waals surface area (Å²) in [5, 5.41) is 3.52. The normalized spacial score (nSPS) is 11.8. The highest BCUT2D eigenvalue weighted by Crippen LogP contribution is 2.19. The molecular weight excluding hydrogens is 282 g/mol. The summed E-state index contributed by atoms with van der Waals surface area (Å²) in [6.07, 6.45) is 0.967. The van der Waals surface area contributed by atoms with Crippen molar-refractivity contribution in [3.8, 4) is 0 Å². The Morgan fingerprint density at radius 3 is 2.67 bits per heavy atom. The zero-order chi connectivity index (χ0) is 15.6. The van der Waals surface area contributed by atoms with Crippen LogP contribution in [0.2, 0.25) is 0 Å². The van der Waals surface area contributed by atoms with Gasteiger partial charge >= 0.3 is 0 Å². The van der Waals surface area contributed by atoms with E-state index in [1.54, 1.807) is 7.11 Å². The van der Waals surface area contributed by atoms with Crippen LogP contribution >= 0.6 is 11.8 Å². The van der Waals surface area contributed by atoms with E-state index < -0.39 is 0 Å². The van der Waals surface area contributed by atoms with Gasteiger partial charge in [0.15, 0.2) is 0 Å². The average molecular weight is 311 g/mol. The summed E-state index contributed by atoms with van der Waals surface area (Å²) in [6.45, 7) is 9.82. The Morgan fingerprint density at radius 1 is 1.14 bits per heavy atom. The molecule has 0 radical (unpaired) electrons. The highest BCUT2D eigenvalue weighted by Gasteiger charge is 2.08. The molecule has 0 unspecified atom stereocenters. The first-order valence-corrected chi connectivity index (χ1v) is 8.53. The van der Waals surface area contributed by atoms with Gasteiger partial charge in [0.05, 0.1) is 6.61 Å². The minimum absolute atomic E-state index is 0.152. The lowest BCUT2D eigenvalue weighted by molar-refractivity contribution is 0.113. The monoisotopic (exact) mass is 311 g/mol. The smallest absolute Gasteiger partial charge is 0.0560 e. The molecule has 1 aromatic carbocycles. The largest absolute Gasteiger partial charge is 0.385 e. The molecule has 1 rings (SSSR count). The highest BCUT2D eigenvalue weighted by molar-refractivity contribution is 7.99. The molecular formula is C17H29NO2S. The molecule has 0 heterocycles. The van der Waals surface area contributed by atoms with E-state index in [4.69, 9.17) is 9.47 Å². The standard InChI is InChI=1S/C17H29NO2S/c1-17(2,3)18-14-15-7-5-8-16(13-15)21-12-11-20-10-6-9-19-4/h5,7-8,13,18H,6,9-12,14H2,1-4H3. The minimum Gasteiger partial charge on any atom is -0.385 e. The fourth-order valence-corrected chi connectivity index (χ4v) is 2.58. The van der Waals surface area contributed by atoms with Gasteiger partial charge in [0.1, 0.15) is 0 Å². The predicted octanol–water partition coefficient (Wildman–Crippen LogP) is 3.72. The first kappa shape index (κ1) is 18.5. The van der Waals surface area contributed by atoms with Crippen LogP contribution in [0.1, 0.15) is 32.8 Å². The average Bonchev–Trinajstić information content (AvgIpc) is 2.44. The third-order valence-corrected chi connectivity index (χ3v) is 3.81. The van der Waals surface area contributed by atoms with Crippen LogP contribution in [-0.2, 0) is 16.0 Å². The van der Waals surface area contributed by atoms with Crippen LogP contribution in [0, 0.1) is 0 Å². The molecule has 0 atom stereocenters. The maximum absolute atomic E-state index is 5.57. The van der Waals surface area contributed by atoms with E-state index in [9.17, 15) is 0 Å². The first-order valence-electron chi connectivity index (χ1n) is 7.55. The number of thioether (sulfide) groups is 1. The number of rotatable bonds is 10. The van der Waals surface area contributed by atoms with Gasteiger partial charge in [0.25, 0.3) is 0 Å². The molecule has 0 saturated heterocycles. The fraction of sp³-hybridized carbons (Fsp3) is 0.647. The van der Waals surface area contributed by atoms with Gasteiger partial charge < -0.3 is 14.8 Å². The van der Waals surface area contributed by atoms with Gasteiger partial charge in [-0.25, -0.2) is 0 Å². The van der Waals surface area contributed by atoms with Gasteiger partial charge in [-0.05, 0) is 44.9 Å². The maximum atomic E-state index is 5.57. The number of benzene rings is 1. The quantitative estimate of drug-likeness (QED) is 0.527. The molecule has 0 aliphatic rings. The molecule has 3 nitrogen and oxygen atoms in total. The number of methoxy groups -OCH3 is 1. The molecule has 120 valence electrons. The zero-order valence-corrected chi connectivity index (χ0v) is 14.6. The molecule has 0 spiro atoms. The van der Waals surface area contributed by atoms with Crippen molar-refractivity contribution in [2.24, 2.45) is 0 Å². The van der Waals surface area contributed by atoms with Crippen LogP contribution in [0.25, 0.3) is 0 Å². The van der Waals surface area contributed by atoms with Crippen LogP contribution < -0.4 is 5.32 Å². The fourth-order valence-electron chi connectivity index (χ4n) is 1.74. The van der Waals surface area contributed by atoms with E-state index in [-0.39, 0.29) is 5.54 Å². The predicted molar refractivity (Wildman–Crippen MR) is 91.1 cm³/mol. The van der Waals surface area contributed by atoms with Crippen molar-refractivity contribution < 1.29 is 9.47 Å². The van der Waals surface area contributed by atoms with Crippen LogP contribution in [0.4, 0.5) is 0 Å². The van der Waals surface area contributed by atoms with Gasteiger partial charge in [0.2, 0.25) is 0 Å². The summed E-state index contributed by atoms with van der Waals surface area (Å²) < 4.78 is 10.6. The Morgan fingerprint density at radius 2 is 1.95 bits per heavy atom. The molecule has 1 N–H and O–H groups in total. The van der Waals surface area contributed by atoms with Crippen LogP contribution in [0.15, 0.2) is 29.2 Å². The second-order valence-corrected chi connectivity index (χ2v) is 7.23. The molecule has 0 aromatic heterocycles. The summed E-state index contributed by atoms with van der Waals surface area (Å²) >= 11 is 1.85. The van der Waals surface area contributed by atoms with E-state index in [1.165, 1.54) is 10.5 Å². The molecule has 0 aliphatic carbocycles. The number of nitrogens with one attached hydrogen (secondary N) is 1. The van der Waals surface area contributed by atoms with E-state index in [0.717, 1.165) is 38.5 Å². The molecule has 0 bridgehead atoms. The van der Waals surface area contributed by atoms with Gasteiger partial charge in [0, 0.05) is 43.1 Å². The van der Waals surface area contributed by atoms with Crippen LogP contribution in [-0.4, -0.2) is 38.2 Å². The Kier molecular flexibility index (Phi) is 9.00. The van der Waals surface area contributed by atoms with Gasteiger partial charge in [-0.15, -0.1) is 11.8 Å². The third-order valence-electron chi connectivity index (χ3n) is 2.85. The van der Waals surface area contributed by atoms with Gasteiger partial charge in [-0.2, -0.15) is 0 Å². The number of hydrogen-bond donors (Lipinski definition) is 1. The van der Waals surface area contributed by atoms with Crippen molar-refractivity contribution in [3.05, 3.63) is 29.8 Å².